The summed E-state index contributed by atoms with van der Waals surface area (Å²) in [5.41, 5.74) is 4.20. The standard InChI is InChI=1S/C17H19N3S/c1-3-9-18-16(17-12(2)8-10-21-17)15-11-19-13-6-4-5-7-14(13)20-15/h4-8,10-11,16,18H,3,9H2,1-2H3. The van der Waals surface area contributed by atoms with E-state index in [0.29, 0.717) is 0 Å². The molecule has 1 atom stereocenters. The second-order valence-electron chi connectivity index (χ2n) is 5.14. The molecule has 4 heteroatoms. The predicted octanol–water partition coefficient (Wildman–Crippen LogP) is 4.09. The first-order valence-corrected chi connectivity index (χ1v) is 8.16. The molecule has 0 spiro atoms. The van der Waals surface area contributed by atoms with E-state index in [0.717, 1.165) is 29.7 Å². The van der Waals surface area contributed by atoms with Crippen LogP contribution in [-0.4, -0.2) is 16.5 Å². The number of nitrogens with one attached hydrogen (secondary N) is 1. The lowest BCUT2D eigenvalue weighted by Crippen LogP contribution is -2.24. The minimum Gasteiger partial charge on any atom is -0.304 e. The zero-order valence-electron chi connectivity index (χ0n) is 12.3. The molecule has 1 aromatic carbocycles. The van der Waals surface area contributed by atoms with Crippen LogP contribution in [0.1, 0.15) is 35.5 Å². The molecule has 0 aliphatic rings. The number of thiophene rings is 1. The van der Waals surface area contributed by atoms with Gasteiger partial charge < -0.3 is 5.32 Å². The number of rotatable bonds is 5. The molecule has 21 heavy (non-hydrogen) atoms. The van der Waals surface area contributed by atoms with E-state index in [1.54, 1.807) is 11.3 Å². The summed E-state index contributed by atoms with van der Waals surface area (Å²) in [6, 6.07) is 10.3. The smallest absolute Gasteiger partial charge is 0.0891 e. The Hall–Kier alpha value is -1.78. The summed E-state index contributed by atoms with van der Waals surface area (Å²) >= 11 is 1.78. The van der Waals surface area contributed by atoms with Gasteiger partial charge in [-0.05, 0) is 49.0 Å². The van der Waals surface area contributed by atoms with Crippen molar-refractivity contribution in [2.75, 3.05) is 6.54 Å². The van der Waals surface area contributed by atoms with Crippen molar-refractivity contribution >= 4 is 22.4 Å². The SMILES string of the molecule is CCCNC(c1cnc2ccccc2n1)c1sccc1C. The van der Waals surface area contributed by atoms with Crippen molar-refractivity contribution in [2.45, 2.75) is 26.3 Å². The minimum absolute atomic E-state index is 0.127. The molecule has 0 bridgehead atoms. The van der Waals surface area contributed by atoms with E-state index in [-0.39, 0.29) is 6.04 Å². The first-order chi connectivity index (χ1) is 10.3. The molecule has 0 radical (unpaired) electrons. The van der Waals surface area contributed by atoms with Crippen LogP contribution >= 0.6 is 11.3 Å². The van der Waals surface area contributed by atoms with Gasteiger partial charge in [0.1, 0.15) is 0 Å². The van der Waals surface area contributed by atoms with Gasteiger partial charge in [0, 0.05) is 4.88 Å². The maximum Gasteiger partial charge on any atom is 0.0891 e. The van der Waals surface area contributed by atoms with Gasteiger partial charge in [0.15, 0.2) is 0 Å². The monoisotopic (exact) mass is 297 g/mol. The average molecular weight is 297 g/mol. The third kappa shape index (κ3) is 2.96. The molecule has 108 valence electrons. The van der Waals surface area contributed by atoms with Gasteiger partial charge in [-0.1, -0.05) is 19.1 Å². The van der Waals surface area contributed by atoms with Gasteiger partial charge in [0.05, 0.1) is 29.0 Å². The third-order valence-corrected chi connectivity index (χ3v) is 4.61. The number of para-hydroxylation sites is 2. The van der Waals surface area contributed by atoms with Gasteiger partial charge in [-0.2, -0.15) is 0 Å². The topological polar surface area (TPSA) is 37.8 Å². The van der Waals surface area contributed by atoms with Crippen LogP contribution in [0.2, 0.25) is 0 Å². The van der Waals surface area contributed by atoms with Crippen molar-refractivity contribution in [3.8, 4) is 0 Å². The molecule has 0 fully saturated rings. The van der Waals surface area contributed by atoms with Crippen molar-refractivity contribution < 1.29 is 0 Å². The normalized spacial score (nSPS) is 12.7. The van der Waals surface area contributed by atoms with Crippen LogP contribution in [0.25, 0.3) is 11.0 Å². The zero-order valence-corrected chi connectivity index (χ0v) is 13.2. The number of aromatic nitrogens is 2. The first kappa shape index (κ1) is 14.2. The second kappa shape index (κ2) is 6.33. The third-order valence-electron chi connectivity index (χ3n) is 3.53. The highest BCUT2D eigenvalue weighted by Gasteiger charge is 2.18. The summed E-state index contributed by atoms with van der Waals surface area (Å²) in [4.78, 5) is 10.7. The van der Waals surface area contributed by atoms with E-state index >= 15 is 0 Å². The fourth-order valence-electron chi connectivity index (χ4n) is 2.41. The second-order valence-corrected chi connectivity index (χ2v) is 6.09. The van der Waals surface area contributed by atoms with Gasteiger partial charge in [-0.3, -0.25) is 4.98 Å². The molecular formula is C17H19N3S. The summed E-state index contributed by atoms with van der Waals surface area (Å²) in [6.07, 6.45) is 3.00. The van der Waals surface area contributed by atoms with Crippen LogP contribution in [0.15, 0.2) is 41.9 Å². The van der Waals surface area contributed by atoms with Crippen LogP contribution in [0.3, 0.4) is 0 Å². The Labute approximate surface area is 129 Å². The van der Waals surface area contributed by atoms with Gasteiger partial charge in [-0.25, -0.2) is 4.98 Å². The predicted molar refractivity (Wildman–Crippen MR) is 88.7 cm³/mol. The Morgan fingerprint density at radius 2 is 2.00 bits per heavy atom. The molecule has 0 saturated heterocycles. The van der Waals surface area contributed by atoms with Crippen LogP contribution in [0, 0.1) is 6.92 Å². The number of hydrogen-bond acceptors (Lipinski definition) is 4. The van der Waals surface area contributed by atoms with E-state index in [4.69, 9.17) is 4.98 Å². The molecule has 1 N–H and O–H groups in total. The summed E-state index contributed by atoms with van der Waals surface area (Å²) < 4.78 is 0. The van der Waals surface area contributed by atoms with Crippen LogP contribution in [0.5, 0.6) is 0 Å². The van der Waals surface area contributed by atoms with E-state index in [9.17, 15) is 0 Å². The zero-order chi connectivity index (χ0) is 14.7. The molecule has 0 amide bonds. The van der Waals surface area contributed by atoms with Crippen molar-refractivity contribution in [1.82, 2.24) is 15.3 Å². The Kier molecular flexibility index (Phi) is 4.27. The molecule has 0 aliphatic heterocycles. The molecule has 3 rings (SSSR count). The fourth-order valence-corrected chi connectivity index (χ4v) is 3.42. The quantitative estimate of drug-likeness (QED) is 0.771. The van der Waals surface area contributed by atoms with Crippen molar-refractivity contribution in [3.63, 3.8) is 0 Å². The Morgan fingerprint density at radius 1 is 1.19 bits per heavy atom. The highest BCUT2D eigenvalue weighted by molar-refractivity contribution is 7.10. The number of fused-ring (bicyclic) bond motifs is 1. The van der Waals surface area contributed by atoms with Gasteiger partial charge >= 0.3 is 0 Å². The number of nitrogens with zero attached hydrogens (tertiary/aromatic N) is 2. The maximum atomic E-state index is 4.81. The number of hydrogen-bond donors (Lipinski definition) is 1. The fraction of sp³-hybridized carbons (Fsp3) is 0.294. The van der Waals surface area contributed by atoms with Crippen molar-refractivity contribution in [1.29, 1.82) is 0 Å². The average Bonchev–Trinajstić information content (AvgIpc) is 2.94. The molecule has 2 heterocycles. The lowest BCUT2D eigenvalue weighted by atomic mass is 10.1. The maximum absolute atomic E-state index is 4.81. The van der Waals surface area contributed by atoms with E-state index in [1.165, 1.54) is 10.4 Å². The Morgan fingerprint density at radius 3 is 2.71 bits per heavy atom. The van der Waals surface area contributed by atoms with E-state index in [2.05, 4.69) is 35.6 Å². The van der Waals surface area contributed by atoms with Crippen LogP contribution in [-0.2, 0) is 0 Å². The first-order valence-electron chi connectivity index (χ1n) is 7.28. The lowest BCUT2D eigenvalue weighted by molar-refractivity contribution is 0.591. The molecule has 0 aliphatic carbocycles. The van der Waals surface area contributed by atoms with Gasteiger partial charge in [0.25, 0.3) is 0 Å². The highest BCUT2D eigenvalue weighted by atomic mass is 32.1. The number of benzene rings is 1. The molecule has 0 saturated carbocycles. The van der Waals surface area contributed by atoms with E-state index < -0.39 is 0 Å². The highest BCUT2D eigenvalue weighted by Crippen LogP contribution is 2.28. The van der Waals surface area contributed by atoms with Crippen LogP contribution in [0.4, 0.5) is 0 Å². The lowest BCUT2D eigenvalue weighted by Gasteiger charge is -2.18. The molecule has 3 nitrogen and oxygen atoms in total. The summed E-state index contributed by atoms with van der Waals surface area (Å²) in [6.45, 7) is 5.30. The molecule has 1 unspecified atom stereocenters. The molecule has 2 aromatic heterocycles. The molecule has 3 aromatic rings. The largest absolute Gasteiger partial charge is 0.304 e. The minimum atomic E-state index is 0.127. The summed E-state index contributed by atoms with van der Waals surface area (Å²) in [5.74, 6) is 0. The Bertz CT molecular complexity index is 735. The summed E-state index contributed by atoms with van der Waals surface area (Å²) in [5, 5.41) is 5.74. The Balaban J connectivity index is 2.03. The van der Waals surface area contributed by atoms with Crippen molar-refractivity contribution in [3.05, 3.63) is 58.0 Å². The van der Waals surface area contributed by atoms with Gasteiger partial charge in [0.2, 0.25) is 0 Å². The number of aryl methyl sites for hydroxylation is 1. The summed E-state index contributed by atoms with van der Waals surface area (Å²) in [7, 11) is 0. The van der Waals surface area contributed by atoms with Gasteiger partial charge in [-0.15, -0.1) is 11.3 Å². The van der Waals surface area contributed by atoms with Crippen LogP contribution < -0.4 is 5.32 Å². The van der Waals surface area contributed by atoms with Crippen molar-refractivity contribution in [2.24, 2.45) is 0 Å². The van der Waals surface area contributed by atoms with E-state index in [1.807, 2.05) is 30.5 Å². The molecular weight excluding hydrogens is 278 g/mol.